The monoisotopic (exact) mass is 290 g/mol. The summed E-state index contributed by atoms with van der Waals surface area (Å²) in [6.07, 6.45) is 2.87. The Bertz CT molecular complexity index is 381. The molecule has 1 unspecified atom stereocenters. The summed E-state index contributed by atoms with van der Waals surface area (Å²) in [5, 5.41) is 2.04. The van der Waals surface area contributed by atoms with Crippen LogP contribution in [0.4, 0.5) is 0 Å². The number of benzene rings is 1. The van der Waals surface area contributed by atoms with Crippen molar-refractivity contribution in [2.45, 2.75) is 0 Å². The van der Waals surface area contributed by atoms with Gasteiger partial charge in [0.25, 0.3) is 0 Å². The summed E-state index contributed by atoms with van der Waals surface area (Å²) in [4.78, 5) is 0. The van der Waals surface area contributed by atoms with Crippen LogP contribution in [0, 0.1) is 0 Å². The van der Waals surface area contributed by atoms with Gasteiger partial charge < -0.3 is 0 Å². The average molecular weight is 290 g/mol. The van der Waals surface area contributed by atoms with E-state index in [0.717, 1.165) is 11.2 Å². The molecule has 0 amide bonds. The third-order valence-corrected chi connectivity index (χ3v) is 7.98. The van der Waals surface area contributed by atoms with Crippen molar-refractivity contribution in [2.75, 3.05) is 6.16 Å². The van der Waals surface area contributed by atoms with Gasteiger partial charge in [0.1, 0.15) is 0 Å². The molecule has 0 spiro atoms. The number of rotatable bonds is 4. The predicted molar refractivity (Wildman–Crippen MR) is 69.0 cm³/mol. The molecule has 1 atom stereocenters. The maximum absolute atomic E-state index is 5.84. The first-order valence-corrected chi connectivity index (χ1v) is 8.85. The van der Waals surface area contributed by atoms with E-state index in [9.17, 15) is 0 Å². The van der Waals surface area contributed by atoms with Gasteiger partial charge >= 0.3 is 98.0 Å². The van der Waals surface area contributed by atoms with Gasteiger partial charge in [-0.3, -0.25) is 0 Å². The summed E-state index contributed by atoms with van der Waals surface area (Å²) >= 11 is 9.09. The Labute approximate surface area is 97.9 Å². The summed E-state index contributed by atoms with van der Waals surface area (Å²) in [6, 6.07) is 7.93. The molecule has 0 saturated carbocycles. The first-order valence-electron chi connectivity index (χ1n) is 4.22. The van der Waals surface area contributed by atoms with Crippen molar-refractivity contribution in [1.82, 2.24) is 0 Å². The first kappa shape index (κ1) is 12.0. The first-order chi connectivity index (χ1) is 6.62. The fourth-order valence-electron chi connectivity index (χ4n) is 1.17. The summed E-state index contributed by atoms with van der Waals surface area (Å²) in [7, 11) is 0. The average Bonchev–Trinajstić information content (AvgIpc) is 2.19. The third kappa shape index (κ3) is 2.72. The predicted octanol–water partition coefficient (Wildman–Crippen LogP) is 3.40. The number of allylic oxidation sites excluding steroid dienone is 1. The molecule has 0 fully saturated rings. The van der Waals surface area contributed by atoms with Gasteiger partial charge in [-0.2, -0.15) is 0 Å². The van der Waals surface area contributed by atoms with Crippen molar-refractivity contribution in [3.8, 4) is 0 Å². The number of hydrogen-bond acceptors (Lipinski definition) is 0. The van der Waals surface area contributed by atoms with Crippen molar-refractivity contribution in [3.63, 3.8) is 0 Å². The SMILES string of the molecule is C=CCP(=[Se])(C=C)c1ccc(Cl)cc1. The van der Waals surface area contributed by atoms with Crippen molar-refractivity contribution in [1.29, 1.82) is 0 Å². The van der Waals surface area contributed by atoms with E-state index in [4.69, 9.17) is 11.6 Å². The van der Waals surface area contributed by atoms with Gasteiger partial charge in [-0.25, -0.2) is 0 Å². The molecule has 3 heteroatoms. The van der Waals surface area contributed by atoms with Crippen LogP contribution in [0.1, 0.15) is 0 Å². The van der Waals surface area contributed by atoms with Crippen LogP contribution in [0.5, 0.6) is 0 Å². The molecule has 74 valence electrons. The van der Waals surface area contributed by atoms with E-state index in [1.807, 2.05) is 24.0 Å². The van der Waals surface area contributed by atoms with E-state index in [2.05, 4.69) is 40.4 Å². The second-order valence-corrected chi connectivity index (χ2v) is 10.3. The van der Waals surface area contributed by atoms with Crippen molar-refractivity contribution < 1.29 is 0 Å². The van der Waals surface area contributed by atoms with E-state index in [0.29, 0.717) is 0 Å². The molecule has 0 nitrogen and oxygen atoms in total. The van der Waals surface area contributed by atoms with E-state index in [1.54, 1.807) is 0 Å². The molecule has 0 aliphatic rings. The number of hydrogen-bond donors (Lipinski definition) is 0. The van der Waals surface area contributed by atoms with Crippen molar-refractivity contribution >= 4 is 37.5 Å². The molecule has 0 aromatic heterocycles. The van der Waals surface area contributed by atoms with Gasteiger partial charge in [0.05, 0.1) is 0 Å². The summed E-state index contributed by atoms with van der Waals surface area (Å²) in [6.45, 7) is 7.66. The fourth-order valence-corrected chi connectivity index (χ4v) is 4.33. The molecular formula is C11H12ClPSe. The quantitative estimate of drug-likeness (QED) is 0.453. The van der Waals surface area contributed by atoms with Crippen LogP contribution in [0.2, 0.25) is 5.02 Å². The molecule has 1 aromatic carbocycles. The molecule has 0 bridgehead atoms. The van der Waals surface area contributed by atoms with E-state index < -0.39 is 5.51 Å². The molecule has 0 radical (unpaired) electrons. The molecule has 0 heterocycles. The van der Waals surface area contributed by atoms with Crippen LogP contribution in [0.15, 0.2) is 49.3 Å². The number of halogens is 1. The molecule has 0 N–H and O–H groups in total. The van der Waals surface area contributed by atoms with Crippen molar-refractivity contribution in [2.24, 2.45) is 0 Å². The summed E-state index contributed by atoms with van der Waals surface area (Å²) < 4.78 is 0. The summed E-state index contributed by atoms with van der Waals surface area (Å²) in [5.41, 5.74) is -1.36. The minimum absolute atomic E-state index is 0.767. The van der Waals surface area contributed by atoms with Gasteiger partial charge in [0.2, 0.25) is 0 Å². The van der Waals surface area contributed by atoms with E-state index in [1.165, 1.54) is 5.30 Å². The van der Waals surface area contributed by atoms with E-state index in [-0.39, 0.29) is 0 Å². The van der Waals surface area contributed by atoms with Crippen LogP contribution in [-0.4, -0.2) is 21.3 Å². The van der Waals surface area contributed by atoms with Gasteiger partial charge in [-0.1, -0.05) is 0 Å². The van der Waals surface area contributed by atoms with Gasteiger partial charge in [-0.05, 0) is 0 Å². The Balaban J connectivity index is 3.12. The zero-order chi connectivity index (χ0) is 10.6. The van der Waals surface area contributed by atoms with Crippen LogP contribution in [0.25, 0.3) is 0 Å². The van der Waals surface area contributed by atoms with Crippen LogP contribution in [0.3, 0.4) is 0 Å². The zero-order valence-electron chi connectivity index (χ0n) is 7.82. The van der Waals surface area contributed by atoms with Gasteiger partial charge in [0, 0.05) is 0 Å². The van der Waals surface area contributed by atoms with E-state index >= 15 is 0 Å². The standard InChI is InChI=1S/C11H12ClPSe/c1-3-9-13(14,4-2)11-7-5-10(12)6-8-11/h3-8H,1-2,9H2. The van der Waals surface area contributed by atoms with Crippen LogP contribution >= 0.6 is 17.1 Å². The Morgan fingerprint density at radius 3 is 2.29 bits per heavy atom. The second kappa shape index (κ2) is 5.14. The maximum atomic E-state index is 5.84. The summed E-state index contributed by atoms with van der Waals surface area (Å²) in [5.74, 6) is 2.01. The Hall–Kier alpha value is -0.0605. The molecule has 1 rings (SSSR count). The van der Waals surface area contributed by atoms with Gasteiger partial charge in [0.15, 0.2) is 0 Å². The third-order valence-electron chi connectivity index (χ3n) is 1.96. The topological polar surface area (TPSA) is 0 Å². The van der Waals surface area contributed by atoms with Crippen LogP contribution < -0.4 is 5.30 Å². The zero-order valence-corrected chi connectivity index (χ0v) is 11.2. The Morgan fingerprint density at radius 2 is 1.86 bits per heavy atom. The normalized spacial score (nSPS) is 14.4. The van der Waals surface area contributed by atoms with Crippen LogP contribution in [-0.2, 0) is 0 Å². The molecule has 0 aliphatic heterocycles. The second-order valence-electron chi connectivity index (χ2n) is 2.93. The molecule has 1 aromatic rings. The Kier molecular flexibility index (Phi) is 4.41. The minimum atomic E-state index is -1.36. The van der Waals surface area contributed by atoms with Crippen molar-refractivity contribution in [3.05, 3.63) is 54.3 Å². The fraction of sp³-hybridized carbons (Fsp3) is 0.0909. The molecular weight excluding hydrogens is 278 g/mol. The molecule has 0 saturated heterocycles. The Morgan fingerprint density at radius 1 is 1.29 bits per heavy atom. The molecule has 14 heavy (non-hydrogen) atoms. The molecule has 0 aliphatic carbocycles. The van der Waals surface area contributed by atoms with Gasteiger partial charge in [-0.15, -0.1) is 0 Å².